The van der Waals surface area contributed by atoms with Crippen molar-refractivity contribution in [3.8, 4) is 0 Å². The number of carbonyl (C=O) groups excluding carboxylic acids is 1. The molecule has 3 nitrogen and oxygen atoms in total. The molecule has 1 heterocycles. The smallest absolute Gasteiger partial charge is 0.219 e. The first-order valence-corrected chi connectivity index (χ1v) is 6.75. The molecule has 90 valence electrons. The van der Waals surface area contributed by atoms with Gasteiger partial charge in [0.2, 0.25) is 5.12 Å². The SMILES string of the molecule is CSC(=O)c1ccc(C)c(C2=NOCC2)c1C. The summed E-state index contributed by atoms with van der Waals surface area (Å²) in [5, 5.41) is 4.15. The number of carbonyl (C=O) groups is 1. The minimum atomic E-state index is 0.100. The molecule has 0 saturated heterocycles. The van der Waals surface area contributed by atoms with Crippen LogP contribution in [-0.4, -0.2) is 23.7 Å². The predicted octanol–water partition coefficient (Wildman–Crippen LogP) is 2.93. The van der Waals surface area contributed by atoms with Crippen molar-refractivity contribution < 1.29 is 9.63 Å². The molecular formula is C13H15NO2S. The molecule has 0 saturated carbocycles. The van der Waals surface area contributed by atoms with Gasteiger partial charge in [0.15, 0.2) is 0 Å². The molecule has 2 rings (SSSR count). The van der Waals surface area contributed by atoms with E-state index in [4.69, 9.17) is 4.84 Å². The first kappa shape index (κ1) is 12.2. The fourth-order valence-corrected chi connectivity index (χ4v) is 2.55. The van der Waals surface area contributed by atoms with Crippen LogP contribution in [0.15, 0.2) is 17.3 Å². The van der Waals surface area contributed by atoms with Crippen molar-refractivity contribution in [1.82, 2.24) is 0 Å². The molecule has 0 fully saturated rings. The van der Waals surface area contributed by atoms with E-state index in [0.29, 0.717) is 6.61 Å². The lowest BCUT2D eigenvalue weighted by Crippen LogP contribution is -2.08. The van der Waals surface area contributed by atoms with Crippen LogP contribution in [0.4, 0.5) is 0 Å². The Morgan fingerprint density at radius 3 is 2.76 bits per heavy atom. The zero-order chi connectivity index (χ0) is 12.4. The maximum atomic E-state index is 11.8. The van der Waals surface area contributed by atoms with Crippen molar-refractivity contribution in [2.45, 2.75) is 20.3 Å². The van der Waals surface area contributed by atoms with Gasteiger partial charge in [0, 0.05) is 17.5 Å². The number of thioether (sulfide) groups is 1. The Balaban J connectivity index is 2.54. The molecule has 0 atom stereocenters. The maximum absolute atomic E-state index is 11.8. The summed E-state index contributed by atoms with van der Waals surface area (Å²) in [6.07, 6.45) is 2.62. The van der Waals surface area contributed by atoms with E-state index in [1.807, 2.05) is 26.0 Å². The molecule has 0 unspecified atom stereocenters. The van der Waals surface area contributed by atoms with Crippen molar-refractivity contribution in [3.63, 3.8) is 0 Å². The van der Waals surface area contributed by atoms with Crippen LogP contribution in [0.3, 0.4) is 0 Å². The summed E-state index contributed by atoms with van der Waals surface area (Å²) in [7, 11) is 0. The predicted molar refractivity (Wildman–Crippen MR) is 70.9 cm³/mol. The number of rotatable bonds is 2. The van der Waals surface area contributed by atoms with E-state index in [-0.39, 0.29) is 5.12 Å². The number of hydrogen-bond donors (Lipinski definition) is 0. The quantitative estimate of drug-likeness (QED) is 0.809. The van der Waals surface area contributed by atoms with Gasteiger partial charge in [-0.15, -0.1) is 0 Å². The summed E-state index contributed by atoms with van der Waals surface area (Å²) in [4.78, 5) is 16.9. The highest BCUT2D eigenvalue weighted by molar-refractivity contribution is 8.13. The van der Waals surface area contributed by atoms with Crippen LogP contribution >= 0.6 is 11.8 Å². The van der Waals surface area contributed by atoms with E-state index in [0.717, 1.165) is 34.4 Å². The van der Waals surface area contributed by atoms with Gasteiger partial charge in [-0.05, 0) is 37.3 Å². The Morgan fingerprint density at radius 2 is 2.18 bits per heavy atom. The lowest BCUT2D eigenvalue weighted by atomic mass is 9.93. The molecule has 0 aromatic heterocycles. The van der Waals surface area contributed by atoms with Crippen LogP contribution in [-0.2, 0) is 4.84 Å². The summed E-state index contributed by atoms with van der Waals surface area (Å²) < 4.78 is 0. The molecule has 0 spiro atoms. The van der Waals surface area contributed by atoms with Crippen LogP contribution in [0.2, 0.25) is 0 Å². The molecule has 1 aromatic carbocycles. The van der Waals surface area contributed by atoms with Gasteiger partial charge in [0.05, 0.1) is 5.71 Å². The zero-order valence-electron chi connectivity index (χ0n) is 10.2. The number of oxime groups is 1. The summed E-state index contributed by atoms with van der Waals surface area (Å²) >= 11 is 1.24. The van der Waals surface area contributed by atoms with Crippen LogP contribution in [0.1, 0.15) is 33.5 Å². The van der Waals surface area contributed by atoms with E-state index in [1.54, 1.807) is 6.26 Å². The third-order valence-electron chi connectivity index (χ3n) is 2.97. The molecule has 1 aliphatic rings. The second-order valence-corrected chi connectivity index (χ2v) is 4.82. The van der Waals surface area contributed by atoms with E-state index in [9.17, 15) is 4.79 Å². The van der Waals surface area contributed by atoms with Crippen molar-refractivity contribution in [2.75, 3.05) is 12.9 Å². The Bertz CT molecular complexity index is 494. The average Bonchev–Trinajstić information content (AvgIpc) is 2.82. The summed E-state index contributed by atoms with van der Waals surface area (Å²) in [5.74, 6) is 0. The number of aryl methyl sites for hydroxylation is 1. The monoisotopic (exact) mass is 249 g/mol. The lowest BCUT2D eigenvalue weighted by Gasteiger charge is -2.12. The number of benzene rings is 1. The summed E-state index contributed by atoms with van der Waals surface area (Å²) in [5.41, 5.74) is 4.95. The van der Waals surface area contributed by atoms with E-state index >= 15 is 0 Å². The largest absolute Gasteiger partial charge is 0.395 e. The normalized spacial score (nSPS) is 14.4. The first-order valence-electron chi connectivity index (χ1n) is 5.53. The molecular weight excluding hydrogens is 234 g/mol. The molecule has 17 heavy (non-hydrogen) atoms. The summed E-state index contributed by atoms with van der Waals surface area (Å²) in [6, 6.07) is 3.87. The van der Waals surface area contributed by atoms with Gasteiger partial charge < -0.3 is 4.84 Å². The number of nitrogens with zero attached hydrogens (tertiary/aromatic N) is 1. The van der Waals surface area contributed by atoms with Crippen LogP contribution in [0.25, 0.3) is 0 Å². The Labute approximate surface area is 105 Å². The fourth-order valence-electron chi connectivity index (χ4n) is 2.10. The highest BCUT2D eigenvalue weighted by Gasteiger charge is 2.19. The third kappa shape index (κ3) is 2.22. The highest BCUT2D eigenvalue weighted by atomic mass is 32.2. The highest BCUT2D eigenvalue weighted by Crippen LogP contribution is 2.24. The Hall–Kier alpha value is -1.29. The minimum absolute atomic E-state index is 0.100. The van der Waals surface area contributed by atoms with Gasteiger partial charge in [-0.3, -0.25) is 4.79 Å². The van der Waals surface area contributed by atoms with Crippen LogP contribution in [0, 0.1) is 13.8 Å². The number of hydrogen-bond acceptors (Lipinski definition) is 4. The second-order valence-electron chi connectivity index (χ2n) is 4.04. The topological polar surface area (TPSA) is 38.7 Å². The molecule has 4 heteroatoms. The van der Waals surface area contributed by atoms with E-state index in [1.165, 1.54) is 11.8 Å². The summed E-state index contributed by atoms with van der Waals surface area (Å²) in [6.45, 7) is 4.65. The molecule has 0 aliphatic carbocycles. The van der Waals surface area contributed by atoms with E-state index in [2.05, 4.69) is 5.16 Å². The molecule has 1 aliphatic heterocycles. The van der Waals surface area contributed by atoms with Crippen molar-refractivity contribution in [1.29, 1.82) is 0 Å². The molecule has 0 radical (unpaired) electrons. The molecule has 0 bridgehead atoms. The molecule has 0 amide bonds. The Morgan fingerprint density at radius 1 is 1.41 bits per heavy atom. The van der Waals surface area contributed by atoms with Gasteiger partial charge in [-0.2, -0.15) is 0 Å². The van der Waals surface area contributed by atoms with Gasteiger partial charge in [0.25, 0.3) is 0 Å². The molecule has 0 N–H and O–H groups in total. The van der Waals surface area contributed by atoms with Crippen molar-refractivity contribution >= 4 is 22.6 Å². The maximum Gasteiger partial charge on any atom is 0.219 e. The van der Waals surface area contributed by atoms with Gasteiger partial charge in [-0.1, -0.05) is 23.0 Å². The van der Waals surface area contributed by atoms with Crippen molar-refractivity contribution in [2.24, 2.45) is 5.16 Å². The molecule has 1 aromatic rings. The van der Waals surface area contributed by atoms with Gasteiger partial charge in [0.1, 0.15) is 6.61 Å². The zero-order valence-corrected chi connectivity index (χ0v) is 11.1. The van der Waals surface area contributed by atoms with Gasteiger partial charge >= 0.3 is 0 Å². The van der Waals surface area contributed by atoms with Gasteiger partial charge in [-0.25, -0.2) is 0 Å². The van der Waals surface area contributed by atoms with Crippen molar-refractivity contribution in [3.05, 3.63) is 34.4 Å². The first-order chi connectivity index (χ1) is 8.15. The minimum Gasteiger partial charge on any atom is -0.395 e. The van der Waals surface area contributed by atoms with Crippen LogP contribution < -0.4 is 0 Å². The standard InChI is InChI=1S/C13H15NO2S/c1-8-4-5-10(13(15)17-3)9(2)12(8)11-6-7-16-14-11/h4-5H,6-7H2,1-3H3. The lowest BCUT2D eigenvalue weighted by molar-refractivity contribution is 0.108. The average molecular weight is 249 g/mol. The fraction of sp³-hybridized carbons (Fsp3) is 0.385. The van der Waals surface area contributed by atoms with E-state index < -0.39 is 0 Å². The van der Waals surface area contributed by atoms with Crippen LogP contribution in [0.5, 0.6) is 0 Å². The third-order valence-corrected chi connectivity index (χ3v) is 3.56. The second kappa shape index (κ2) is 4.92. The Kier molecular flexibility index (Phi) is 3.52.